The van der Waals surface area contributed by atoms with Gasteiger partial charge >= 0.3 is 5.97 Å². The molecule has 1 aromatic rings. The average Bonchev–Trinajstić information content (AvgIpc) is 2.35. The summed E-state index contributed by atoms with van der Waals surface area (Å²) in [4.78, 5) is 22.5. The summed E-state index contributed by atoms with van der Waals surface area (Å²) in [6.07, 6.45) is 1.04. The number of ketones is 1. The van der Waals surface area contributed by atoms with E-state index in [4.69, 9.17) is 0 Å². The molecule has 0 radical (unpaired) electrons. The SMILES string of the molecule is CCC(CC(=O)C(=O)OC)c1ccccc1. The van der Waals surface area contributed by atoms with Gasteiger partial charge in [0.2, 0.25) is 5.78 Å². The quantitative estimate of drug-likeness (QED) is 0.565. The minimum atomic E-state index is -0.755. The number of Topliss-reactive ketones (excluding diaryl/α,β-unsaturated/α-hetero) is 1. The van der Waals surface area contributed by atoms with Crippen molar-refractivity contribution in [1.29, 1.82) is 0 Å². The van der Waals surface area contributed by atoms with Crippen molar-refractivity contribution in [3.63, 3.8) is 0 Å². The van der Waals surface area contributed by atoms with Crippen LogP contribution in [0.1, 0.15) is 31.2 Å². The smallest absolute Gasteiger partial charge is 0.374 e. The van der Waals surface area contributed by atoms with Crippen molar-refractivity contribution in [1.82, 2.24) is 0 Å². The Hall–Kier alpha value is -1.64. The summed E-state index contributed by atoms with van der Waals surface area (Å²) in [7, 11) is 1.23. The summed E-state index contributed by atoms with van der Waals surface area (Å²) in [6, 6.07) is 9.73. The summed E-state index contributed by atoms with van der Waals surface area (Å²) < 4.78 is 4.40. The molecule has 3 nitrogen and oxygen atoms in total. The number of methoxy groups -OCH3 is 1. The minimum Gasteiger partial charge on any atom is -0.463 e. The Kier molecular flexibility index (Phi) is 4.70. The highest BCUT2D eigenvalue weighted by Gasteiger charge is 2.20. The Morgan fingerprint density at radius 2 is 1.88 bits per heavy atom. The van der Waals surface area contributed by atoms with Gasteiger partial charge < -0.3 is 4.74 Å². The Bertz CT molecular complexity index is 357. The van der Waals surface area contributed by atoms with Crippen LogP contribution in [0.3, 0.4) is 0 Å². The van der Waals surface area contributed by atoms with E-state index in [0.717, 1.165) is 12.0 Å². The second-order valence-corrected chi connectivity index (χ2v) is 3.63. The van der Waals surface area contributed by atoms with Crippen LogP contribution in [-0.2, 0) is 14.3 Å². The largest absolute Gasteiger partial charge is 0.463 e. The van der Waals surface area contributed by atoms with Crippen molar-refractivity contribution in [3.05, 3.63) is 35.9 Å². The minimum absolute atomic E-state index is 0.0906. The first-order chi connectivity index (χ1) is 7.69. The molecule has 0 aliphatic heterocycles. The van der Waals surface area contributed by atoms with E-state index in [0.29, 0.717) is 0 Å². The molecule has 0 amide bonds. The highest BCUT2D eigenvalue weighted by Crippen LogP contribution is 2.23. The van der Waals surface area contributed by atoms with Crippen LogP contribution in [0.25, 0.3) is 0 Å². The lowest BCUT2D eigenvalue weighted by Gasteiger charge is -2.13. The molecule has 0 aliphatic carbocycles. The van der Waals surface area contributed by atoms with Crippen LogP contribution in [0.15, 0.2) is 30.3 Å². The fraction of sp³-hybridized carbons (Fsp3) is 0.385. The van der Waals surface area contributed by atoms with E-state index in [1.54, 1.807) is 0 Å². The second kappa shape index (κ2) is 6.05. The molecule has 3 heteroatoms. The van der Waals surface area contributed by atoms with Crippen LogP contribution in [0, 0.1) is 0 Å². The maximum absolute atomic E-state index is 11.4. The summed E-state index contributed by atoms with van der Waals surface area (Å²) in [5.74, 6) is -1.12. The van der Waals surface area contributed by atoms with Gasteiger partial charge in [0.1, 0.15) is 0 Å². The van der Waals surface area contributed by atoms with Gasteiger partial charge in [-0.25, -0.2) is 4.79 Å². The Morgan fingerprint density at radius 1 is 1.25 bits per heavy atom. The third-order valence-corrected chi connectivity index (χ3v) is 2.61. The normalized spacial score (nSPS) is 11.9. The second-order valence-electron chi connectivity index (χ2n) is 3.63. The van der Waals surface area contributed by atoms with E-state index in [1.807, 2.05) is 37.3 Å². The first kappa shape index (κ1) is 12.4. The Balaban J connectivity index is 2.70. The van der Waals surface area contributed by atoms with Gasteiger partial charge in [-0.05, 0) is 17.9 Å². The zero-order chi connectivity index (χ0) is 12.0. The van der Waals surface area contributed by atoms with Crippen LogP contribution in [0.4, 0.5) is 0 Å². The molecule has 1 atom stereocenters. The number of hydrogen-bond acceptors (Lipinski definition) is 3. The number of benzene rings is 1. The number of hydrogen-bond donors (Lipinski definition) is 0. The summed E-state index contributed by atoms with van der Waals surface area (Å²) in [5.41, 5.74) is 1.09. The van der Waals surface area contributed by atoms with Crippen LogP contribution in [-0.4, -0.2) is 18.9 Å². The molecular weight excluding hydrogens is 204 g/mol. The van der Waals surface area contributed by atoms with Crippen molar-refractivity contribution in [3.8, 4) is 0 Å². The molecule has 1 unspecified atom stereocenters. The molecule has 0 heterocycles. The highest BCUT2D eigenvalue weighted by molar-refractivity contribution is 6.33. The van der Waals surface area contributed by atoms with Gasteiger partial charge in [0.05, 0.1) is 7.11 Å². The van der Waals surface area contributed by atoms with Crippen LogP contribution < -0.4 is 0 Å². The molecule has 0 saturated heterocycles. The third-order valence-electron chi connectivity index (χ3n) is 2.61. The van der Waals surface area contributed by atoms with Gasteiger partial charge in [-0.15, -0.1) is 0 Å². The molecule has 0 saturated carbocycles. The zero-order valence-electron chi connectivity index (χ0n) is 9.60. The van der Waals surface area contributed by atoms with E-state index < -0.39 is 11.8 Å². The van der Waals surface area contributed by atoms with Gasteiger partial charge in [-0.1, -0.05) is 37.3 Å². The van der Waals surface area contributed by atoms with Crippen molar-refractivity contribution in [2.24, 2.45) is 0 Å². The van der Waals surface area contributed by atoms with Crippen molar-refractivity contribution in [2.45, 2.75) is 25.7 Å². The number of ether oxygens (including phenoxy) is 1. The molecule has 0 fully saturated rings. The van der Waals surface area contributed by atoms with Gasteiger partial charge in [0, 0.05) is 6.42 Å². The van der Waals surface area contributed by atoms with Crippen LogP contribution in [0.2, 0.25) is 0 Å². The summed E-state index contributed by atoms with van der Waals surface area (Å²) >= 11 is 0. The molecule has 0 aliphatic rings. The zero-order valence-corrected chi connectivity index (χ0v) is 9.60. The van der Waals surface area contributed by atoms with Crippen molar-refractivity contribution in [2.75, 3.05) is 7.11 Å². The lowest BCUT2D eigenvalue weighted by molar-refractivity contribution is -0.151. The van der Waals surface area contributed by atoms with E-state index in [9.17, 15) is 9.59 Å². The van der Waals surface area contributed by atoms with E-state index in [2.05, 4.69) is 4.74 Å². The van der Waals surface area contributed by atoms with Gasteiger partial charge in [0.25, 0.3) is 0 Å². The predicted octanol–water partition coefficient (Wildman–Crippen LogP) is 2.31. The molecule has 0 bridgehead atoms. The third kappa shape index (κ3) is 3.19. The fourth-order valence-corrected chi connectivity index (χ4v) is 1.64. The Labute approximate surface area is 95.4 Å². The topological polar surface area (TPSA) is 43.4 Å². The van der Waals surface area contributed by atoms with E-state index in [1.165, 1.54) is 7.11 Å². The lowest BCUT2D eigenvalue weighted by atomic mass is 9.91. The van der Waals surface area contributed by atoms with Gasteiger partial charge in [-0.2, -0.15) is 0 Å². The van der Waals surface area contributed by atoms with Gasteiger partial charge in [0.15, 0.2) is 0 Å². The number of carbonyl (C=O) groups is 2. The molecule has 0 aromatic heterocycles. The van der Waals surface area contributed by atoms with Crippen molar-refractivity contribution < 1.29 is 14.3 Å². The van der Waals surface area contributed by atoms with Crippen LogP contribution >= 0.6 is 0 Å². The number of carbonyl (C=O) groups excluding carboxylic acids is 2. The molecule has 1 aromatic carbocycles. The van der Waals surface area contributed by atoms with Crippen molar-refractivity contribution >= 4 is 11.8 Å². The average molecular weight is 220 g/mol. The standard InChI is InChI=1S/C13H16O3/c1-3-10(9-12(14)13(15)16-2)11-7-5-4-6-8-11/h4-8,10H,3,9H2,1-2H3. The van der Waals surface area contributed by atoms with E-state index in [-0.39, 0.29) is 12.3 Å². The Morgan fingerprint density at radius 3 is 2.38 bits per heavy atom. The van der Waals surface area contributed by atoms with Crippen LogP contribution in [0.5, 0.6) is 0 Å². The molecule has 16 heavy (non-hydrogen) atoms. The molecular formula is C13H16O3. The first-order valence-electron chi connectivity index (χ1n) is 5.35. The predicted molar refractivity (Wildman–Crippen MR) is 61.1 cm³/mol. The lowest BCUT2D eigenvalue weighted by Crippen LogP contribution is -2.18. The monoisotopic (exact) mass is 220 g/mol. The maximum atomic E-state index is 11.4. The molecule has 1 rings (SSSR count). The van der Waals surface area contributed by atoms with Gasteiger partial charge in [-0.3, -0.25) is 4.79 Å². The molecule has 0 spiro atoms. The molecule has 0 N–H and O–H groups in total. The number of esters is 1. The highest BCUT2D eigenvalue weighted by atomic mass is 16.5. The maximum Gasteiger partial charge on any atom is 0.374 e. The summed E-state index contributed by atoms with van der Waals surface area (Å²) in [6.45, 7) is 2.00. The number of rotatable bonds is 5. The fourth-order valence-electron chi connectivity index (χ4n) is 1.64. The summed E-state index contributed by atoms with van der Waals surface area (Å²) in [5, 5.41) is 0. The van der Waals surface area contributed by atoms with E-state index >= 15 is 0 Å². The molecule has 86 valence electrons. The first-order valence-corrected chi connectivity index (χ1v) is 5.35.